The molecule has 5 nitrogen and oxygen atoms in total. The lowest BCUT2D eigenvalue weighted by Crippen LogP contribution is -2.12. The molecule has 1 aromatic rings. The molecular formula is C16H18O5. The molecular weight excluding hydrogens is 272 g/mol. The molecule has 0 saturated heterocycles. The van der Waals surface area contributed by atoms with Crippen molar-refractivity contribution in [3.05, 3.63) is 41.7 Å². The first-order chi connectivity index (χ1) is 10.2. The van der Waals surface area contributed by atoms with Crippen LogP contribution in [0.3, 0.4) is 0 Å². The number of hydrogen-bond donors (Lipinski definition) is 0. The van der Waals surface area contributed by atoms with E-state index in [1.165, 1.54) is 14.2 Å². The number of carbonyl (C=O) groups is 2. The molecule has 2 rings (SSSR count). The average Bonchev–Trinajstić information content (AvgIpc) is 2.83. The number of benzene rings is 1. The van der Waals surface area contributed by atoms with E-state index in [4.69, 9.17) is 9.47 Å². The predicted octanol–water partition coefficient (Wildman–Crippen LogP) is 2.31. The SMILES string of the molecule is COC(=O)CCCC1OC(=O)C(OC)=C1c1ccccc1. The van der Waals surface area contributed by atoms with E-state index in [1.807, 2.05) is 30.3 Å². The number of rotatable bonds is 6. The van der Waals surface area contributed by atoms with Crippen LogP contribution in [0.1, 0.15) is 24.8 Å². The zero-order valence-electron chi connectivity index (χ0n) is 12.1. The van der Waals surface area contributed by atoms with Crippen molar-refractivity contribution in [2.45, 2.75) is 25.4 Å². The molecule has 112 valence electrons. The first-order valence-corrected chi connectivity index (χ1v) is 6.78. The standard InChI is InChI=1S/C16H18O5/c1-19-13(17)10-6-9-12-14(11-7-4-3-5-8-11)15(20-2)16(18)21-12/h3-5,7-8,12H,6,9-10H2,1-2H3. The maximum absolute atomic E-state index is 11.9. The summed E-state index contributed by atoms with van der Waals surface area (Å²) in [5, 5.41) is 0. The topological polar surface area (TPSA) is 61.8 Å². The van der Waals surface area contributed by atoms with Gasteiger partial charge in [-0.15, -0.1) is 0 Å². The number of methoxy groups -OCH3 is 2. The molecule has 0 fully saturated rings. The third-order valence-corrected chi connectivity index (χ3v) is 3.37. The summed E-state index contributed by atoms with van der Waals surface area (Å²) in [7, 11) is 2.81. The number of esters is 2. The Hall–Kier alpha value is -2.30. The molecule has 21 heavy (non-hydrogen) atoms. The van der Waals surface area contributed by atoms with Gasteiger partial charge in [0, 0.05) is 12.0 Å². The summed E-state index contributed by atoms with van der Waals surface area (Å²) < 4.78 is 15.1. The molecule has 0 N–H and O–H groups in total. The average molecular weight is 290 g/mol. The van der Waals surface area contributed by atoms with Gasteiger partial charge in [0.1, 0.15) is 6.10 Å². The van der Waals surface area contributed by atoms with E-state index < -0.39 is 5.97 Å². The lowest BCUT2D eigenvalue weighted by atomic mass is 9.97. The van der Waals surface area contributed by atoms with E-state index in [0.29, 0.717) is 19.3 Å². The highest BCUT2D eigenvalue weighted by atomic mass is 16.6. The smallest absolute Gasteiger partial charge is 0.374 e. The number of cyclic esters (lactones) is 1. The molecule has 0 aliphatic carbocycles. The van der Waals surface area contributed by atoms with Gasteiger partial charge in [0.25, 0.3) is 0 Å². The molecule has 0 spiro atoms. The minimum absolute atomic E-state index is 0.240. The van der Waals surface area contributed by atoms with Crippen molar-refractivity contribution in [2.24, 2.45) is 0 Å². The van der Waals surface area contributed by atoms with Crippen LogP contribution in [0.4, 0.5) is 0 Å². The zero-order valence-corrected chi connectivity index (χ0v) is 12.1. The minimum atomic E-state index is -0.459. The van der Waals surface area contributed by atoms with E-state index in [-0.39, 0.29) is 17.8 Å². The molecule has 1 unspecified atom stereocenters. The summed E-state index contributed by atoms with van der Waals surface area (Å²) in [5.41, 5.74) is 1.64. The second kappa shape index (κ2) is 6.92. The summed E-state index contributed by atoms with van der Waals surface area (Å²) in [5.74, 6) is -0.486. The van der Waals surface area contributed by atoms with Gasteiger partial charge in [0.05, 0.1) is 14.2 Å². The van der Waals surface area contributed by atoms with Crippen molar-refractivity contribution in [3.8, 4) is 0 Å². The van der Waals surface area contributed by atoms with E-state index in [0.717, 1.165) is 11.1 Å². The molecule has 0 saturated carbocycles. The molecule has 1 aliphatic rings. The molecule has 5 heteroatoms. The van der Waals surface area contributed by atoms with Crippen molar-refractivity contribution in [1.29, 1.82) is 0 Å². The molecule has 0 radical (unpaired) electrons. The van der Waals surface area contributed by atoms with Crippen LogP contribution < -0.4 is 0 Å². The van der Waals surface area contributed by atoms with Crippen LogP contribution in [-0.2, 0) is 23.8 Å². The van der Waals surface area contributed by atoms with E-state index in [1.54, 1.807) is 0 Å². The third-order valence-electron chi connectivity index (χ3n) is 3.37. The molecule has 0 bridgehead atoms. The maximum atomic E-state index is 11.9. The van der Waals surface area contributed by atoms with Crippen LogP contribution in [0.25, 0.3) is 5.57 Å². The fourth-order valence-electron chi connectivity index (χ4n) is 2.36. The molecule has 0 aromatic heterocycles. The first kappa shape index (κ1) is 15.1. The second-order valence-electron chi connectivity index (χ2n) is 4.68. The van der Waals surface area contributed by atoms with Gasteiger partial charge in [-0.1, -0.05) is 30.3 Å². The minimum Gasteiger partial charge on any atom is -0.490 e. The van der Waals surface area contributed by atoms with Crippen LogP contribution in [0.15, 0.2) is 36.1 Å². The van der Waals surface area contributed by atoms with Gasteiger partial charge in [-0.3, -0.25) is 4.79 Å². The Morgan fingerprint density at radius 2 is 1.95 bits per heavy atom. The predicted molar refractivity (Wildman–Crippen MR) is 76.1 cm³/mol. The highest BCUT2D eigenvalue weighted by Crippen LogP contribution is 2.34. The van der Waals surface area contributed by atoms with Gasteiger partial charge in [-0.25, -0.2) is 4.79 Å². The monoisotopic (exact) mass is 290 g/mol. The Kier molecular flexibility index (Phi) is 4.98. The van der Waals surface area contributed by atoms with Crippen LogP contribution in [0.5, 0.6) is 0 Å². The Morgan fingerprint density at radius 1 is 1.24 bits per heavy atom. The van der Waals surface area contributed by atoms with E-state index >= 15 is 0 Å². The van der Waals surface area contributed by atoms with Crippen LogP contribution in [0, 0.1) is 0 Å². The van der Waals surface area contributed by atoms with E-state index in [2.05, 4.69) is 4.74 Å². The van der Waals surface area contributed by atoms with Crippen LogP contribution >= 0.6 is 0 Å². The summed E-state index contributed by atoms with van der Waals surface area (Å²) in [6.07, 6.45) is 1.05. The summed E-state index contributed by atoms with van der Waals surface area (Å²) in [6, 6.07) is 9.50. The van der Waals surface area contributed by atoms with Crippen molar-refractivity contribution >= 4 is 17.5 Å². The molecule has 1 heterocycles. The third kappa shape index (κ3) is 3.42. The molecule has 1 atom stereocenters. The van der Waals surface area contributed by atoms with Gasteiger partial charge >= 0.3 is 11.9 Å². The largest absolute Gasteiger partial charge is 0.490 e. The van der Waals surface area contributed by atoms with Gasteiger partial charge in [-0.2, -0.15) is 0 Å². The Balaban J connectivity index is 2.16. The Bertz CT molecular complexity index is 547. The van der Waals surface area contributed by atoms with Gasteiger partial charge < -0.3 is 14.2 Å². The lowest BCUT2D eigenvalue weighted by Gasteiger charge is -2.13. The van der Waals surface area contributed by atoms with E-state index in [9.17, 15) is 9.59 Å². The van der Waals surface area contributed by atoms with Gasteiger partial charge in [0.15, 0.2) is 0 Å². The van der Waals surface area contributed by atoms with Crippen molar-refractivity contribution in [1.82, 2.24) is 0 Å². The van der Waals surface area contributed by atoms with Crippen molar-refractivity contribution < 1.29 is 23.8 Å². The van der Waals surface area contributed by atoms with Gasteiger partial charge in [0.2, 0.25) is 5.76 Å². The zero-order chi connectivity index (χ0) is 15.2. The van der Waals surface area contributed by atoms with Crippen LogP contribution in [-0.4, -0.2) is 32.3 Å². The van der Waals surface area contributed by atoms with Crippen LogP contribution in [0.2, 0.25) is 0 Å². The maximum Gasteiger partial charge on any atom is 0.374 e. The summed E-state index contributed by atoms with van der Waals surface area (Å²) >= 11 is 0. The highest BCUT2D eigenvalue weighted by Gasteiger charge is 2.35. The lowest BCUT2D eigenvalue weighted by molar-refractivity contribution is -0.142. The number of carbonyl (C=O) groups excluding carboxylic acids is 2. The highest BCUT2D eigenvalue weighted by molar-refractivity contribution is 6.01. The van der Waals surface area contributed by atoms with Crippen molar-refractivity contribution in [2.75, 3.05) is 14.2 Å². The van der Waals surface area contributed by atoms with Gasteiger partial charge in [-0.05, 0) is 18.4 Å². The molecule has 1 aliphatic heterocycles. The fourth-order valence-corrected chi connectivity index (χ4v) is 2.36. The molecule has 0 amide bonds. The normalized spacial score (nSPS) is 17.6. The quantitative estimate of drug-likeness (QED) is 0.752. The number of hydrogen-bond acceptors (Lipinski definition) is 5. The second-order valence-corrected chi connectivity index (χ2v) is 4.68. The summed E-state index contributed by atoms with van der Waals surface area (Å²) in [4.78, 5) is 23.0. The molecule has 1 aromatic carbocycles. The summed E-state index contributed by atoms with van der Waals surface area (Å²) in [6.45, 7) is 0. The first-order valence-electron chi connectivity index (χ1n) is 6.78. The Labute approximate surface area is 123 Å². The van der Waals surface area contributed by atoms with Crippen molar-refractivity contribution in [3.63, 3.8) is 0 Å². The Morgan fingerprint density at radius 3 is 2.57 bits per heavy atom. The fraction of sp³-hybridized carbons (Fsp3) is 0.375. The number of ether oxygens (including phenoxy) is 3.